The maximum absolute atomic E-state index is 12.8. The van der Waals surface area contributed by atoms with E-state index in [-0.39, 0.29) is 23.3 Å². The Hall–Kier alpha value is -3.17. The molecule has 1 aromatic heterocycles. The fourth-order valence-electron chi connectivity index (χ4n) is 3.24. The van der Waals surface area contributed by atoms with Crippen LogP contribution in [-0.2, 0) is 27.8 Å². The zero-order chi connectivity index (χ0) is 23.5. The van der Waals surface area contributed by atoms with Crippen LogP contribution in [0.5, 0.6) is 5.75 Å². The normalized spacial score (nSPS) is 12.4. The molecule has 0 saturated heterocycles. The van der Waals surface area contributed by atoms with E-state index >= 15 is 0 Å². The van der Waals surface area contributed by atoms with Crippen molar-refractivity contribution in [2.75, 3.05) is 7.05 Å². The monoisotopic (exact) mass is 457 g/mol. The molecule has 0 fully saturated rings. The second-order valence-corrected chi connectivity index (χ2v) is 9.27. The average molecular weight is 458 g/mol. The van der Waals surface area contributed by atoms with Crippen molar-refractivity contribution < 1.29 is 22.5 Å². The summed E-state index contributed by atoms with van der Waals surface area (Å²) in [5.41, 5.74) is 3.41. The summed E-state index contributed by atoms with van der Waals surface area (Å²) >= 11 is 0. The van der Waals surface area contributed by atoms with Crippen LogP contribution in [0.15, 0.2) is 57.9 Å². The molecule has 1 atom stereocenters. The van der Waals surface area contributed by atoms with E-state index in [9.17, 15) is 13.2 Å². The number of carbonyl (C=O) groups excluding carboxylic acids is 1. The minimum Gasteiger partial charge on any atom is -0.489 e. The van der Waals surface area contributed by atoms with Crippen LogP contribution in [0.3, 0.4) is 0 Å². The van der Waals surface area contributed by atoms with Crippen molar-refractivity contribution in [3.63, 3.8) is 0 Å². The number of amides is 1. The molecule has 0 spiro atoms. The smallest absolute Gasteiger partial charge is 0.238 e. The lowest BCUT2D eigenvalue weighted by atomic mass is 10.1. The highest BCUT2D eigenvalue weighted by Gasteiger charge is 2.19. The second kappa shape index (κ2) is 9.54. The number of rotatable bonds is 8. The Morgan fingerprint density at radius 2 is 1.75 bits per heavy atom. The molecule has 3 rings (SSSR count). The van der Waals surface area contributed by atoms with Gasteiger partial charge in [0.1, 0.15) is 18.1 Å². The van der Waals surface area contributed by atoms with E-state index in [0.717, 1.165) is 28.1 Å². The third-order valence-electron chi connectivity index (χ3n) is 5.51. The molecule has 0 aliphatic rings. The number of aryl methyl sites for hydroxylation is 2. The van der Waals surface area contributed by atoms with Gasteiger partial charge in [-0.2, -0.15) is 0 Å². The molecular weight excluding hydrogens is 430 g/mol. The van der Waals surface area contributed by atoms with Crippen LogP contribution in [0.4, 0.5) is 0 Å². The molecule has 0 aliphatic carbocycles. The number of nitrogens with zero attached hydrogens (tertiary/aromatic N) is 2. The standard InChI is InChI=1S/C23H27N3O5S/c1-15-22(17(3)31-25-15)14-30-20-9-5-18(6-10-20)13-23(27)26(4)16(2)19-7-11-21(12-8-19)32(24,28)29/h5-12,16H,13-14H2,1-4H3,(H2,24,28,29). The Morgan fingerprint density at radius 3 is 2.28 bits per heavy atom. The maximum atomic E-state index is 12.8. The first kappa shape index (κ1) is 23.5. The molecule has 1 amide bonds. The molecule has 0 radical (unpaired) electrons. The predicted molar refractivity (Wildman–Crippen MR) is 119 cm³/mol. The third-order valence-corrected chi connectivity index (χ3v) is 6.44. The lowest BCUT2D eigenvalue weighted by Crippen LogP contribution is -2.31. The highest BCUT2D eigenvalue weighted by molar-refractivity contribution is 7.89. The van der Waals surface area contributed by atoms with E-state index in [1.54, 1.807) is 24.1 Å². The number of sulfonamides is 1. The number of hydrogen-bond acceptors (Lipinski definition) is 6. The van der Waals surface area contributed by atoms with Gasteiger partial charge < -0.3 is 14.2 Å². The largest absolute Gasteiger partial charge is 0.489 e. The van der Waals surface area contributed by atoms with Gasteiger partial charge in [-0.05, 0) is 56.2 Å². The molecule has 170 valence electrons. The van der Waals surface area contributed by atoms with E-state index in [2.05, 4.69) is 5.16 Å². The number of ether oxygens (including phenoxy) is 1. The lowest BCUT2D eigenvalue weighted by Gasteiger charge is -2.25. The van der Waals surface area contributed by atoms with Crippen molar-refractivity contribution >= 4 is 15.9 Å². The summed E-state index contributed by atoms with van der Waals surface area (Å²) in [6, 6.07) is 13.4. The van der Waals surface area contributed by atoms with Gasteiger partial charge in [0.15, 0.2) is 0 Å². The number of primary sulfonamides is 1. The molecule has 2 N–H and O–H groups in total. The molecule has 0 saturated carbocycles. The van der Waals surface area contributed by atoms with Crippen LogP contribution in [0, 0.1) is 13.8 Å². The molecule has 2 aromatic carbocycles. The Labute approximate surface area is 188 Å². The van der Waals surface area contributed by atoms with E-state index < -0.39 is 10.0 Å². The van der Waals surface area contributed by atoms with Crippen molar-refractivity contribution in [3.05, 3.63) is 76.7 Å². The van der Waals surface area contributed by atoms with Crippen molar-refractivity contribution in [1.82, 2.24) is 10.1 Å². The molecule has 8 nitrogen and oxygen atoms in total. The summed E-state index contributed by atoms with van der Waals surface area (Å²) in [5.74, 6) is 1.37. The number of hydrogen-bond donors (Lipinski definition) is 1. The van der Waals surface area contributed by atoms with Crippen LogP contribution in [0.2, 0.25) is 0 Å². The third kappa shape index (κ3) is 5.54. The van der Waals surface area contributed by atoms with Gasteiger partial charge in [0, 0.05) is 7.05 Å². The van der Waals surface area contributed by atoms with Gasteiger partial charge in [-0.1, -0.05) is 29.4 Å². The topological polar surface area (TPSA) is 116 Å². The van der Waals surface area contributed by atoms with Gasteiger partial charge in [-0.3, -0.25) is 4.79 Å². The molecular formula is C23H27N3O5S. The van der Waals surface area contributed by atoms with Gasteiger partial charge in [0.05, 0.1) is 28.6 Å². The summed E-state index contributed by atoms with van der Waals surface area (Å²) in [5, 5.41) is 9.05. The zero-order valence-electron chi connectivity index (χ0n) is 18.5. The highest BCUT2D eigenvalue weighted by atomic mass is 32.2. The summed E-state index contributed by atoms with van der Waals surface area (Å²) in [4.78, 5) is 14.4. The van der Waals surface area contributed by atoms with Gasteiger partial charge in [-0.25, -0.2) is 13.6 Å². The van der Waals surface area contributed by atoms with Crippen LogP contribution in [0.1, 0.15) is 41.1 Å². The number of carbonyl (C=O) groups is 1. The summed E-state index contributed by atoms with van der Waals surface area (Å²) in [6.07, 6.45) is 0.236. The first-order valence-corrected chi connectivity index (χ1v) is 11.6. The highest BCUT2D eigenvalue weighted by Crippen LogP contribution is 2.22. The Balaban J connectivity index is 1.58. The summed E-state index contributed by atoms with van der Waals surface area (Å²) in [6.45, 7) is 5.97. The molecule has 0 aliphatic heterocycles. The predicted octanol–water partition coefficient (Wildman–Crippen LogP) is 3.28. The Morgan fingerprint density at radius 1 is 1.12 bits per heavy atom. The van der Waals surface area contributed by atoms with E-state index in [4.69, 9.17) is 14.4 Å². The fraction of sp³-hybridized carbons (Fsp3) is 0.304. The van der Waals surface area contributed by atoms with E-state index in [0.29, 0.717) is 12.4 Å². The molecule has 1 heterocycles. The number of nitrogens with two attached hydrogens (primary N) is 1. The second-order valence-electron chi connectivity index (χ2n) is 7.71. The van der Waals surface area contributed by atoms with E-state index in [1.807, 2.05) is 45.0 Å². The van der Waals surface area contributed by atoms with Crippen molar-refractivity contribution in [2.45, 2.75) is 44.7 Å². The minimum atomic E-state index is -3.75. The van der Waals surface area contributed by atoms with Gasteiger partial charge >= 0.3 is 0 Å². The Bertz CT molecular complexity index is 1170. The Kier molecular flexibility index (Phi) is 7.00. The van der Waals surface area contributed by atoms with Crippen LogP contribution < -0.4 is 9.88 Å². The first-order valence-electron chi connectivity index (χ1n) is 10.1. The lowest BCUT2D eigenvalue weighted by molar-refractivity contribution is -0.131. The average Bonchev–Trinajstić information content (AvgIpc) is 3.09. The first-order chi connectivity index (χ1) is 15.1. The number of likely N-dealkylation sites (N-methyl/N-ethyl adjacent to an activating group) is 1. The van der Waals surface area contributed by atoms with Gasteiger partial charge in [0.2, 0.25) is 15.9 Å². The van der Waals surface area contributed by atoms with E-state index in [1.165, 1.54) is 12.1 Å². The maximum Gasteiger partial charge on any atom is 0.238 e. The van der Waals surface area contributed by atoms with Gasteiger partial charge in [0.25, 0.3) is 0 Å². The van der Waals surface area contributed by atoms with Crippen molar-refractivity contribution in [1.29, 1.82) is 0 Å². The number of aromatic nitrogens is 1. The molecule has 9 heteroatoms. The van der Waals surface area contributed by atoms with Crippen molar-refractivity contribution in [2.24, 2.45) is 5.14 Å². The zero-order valence-corrected chi connectivity index (χ0v) is 19.3. The van der Waals surface area contributed by atoms with Gasteiger partial charge in [-0.15, -0.1) is 0 Å². The molecule has 0 bridgehead atoms. The molecule has 32 heavy (non-hydrogen) atoms. The summed E-state index contributed by atoms with van der Waals surface area (Å²) < 4.78 is 33.8. The van der Waals surface area contributed by atoms with Crippen LogP contribution >= 0.6 is 0 Å². The number of benzene rings is 2. The molecule has 1 unspecified atom stereocenters. The van der Waals surface area contributed by atoms with Crippen LogP contribution in [-0.4, -0.2) is 31.4 Å². The van der Waals surface area contributed by atoms with Crippen molar-refractivity contribution in [3.8, 4) is 5.75 Å². The van der Waals surface area contributed by atoms with Crippen LogP contribution in [0.25, 0.3) is 0 Å². The fourth-order valence-corrected chi connectivity index (χ4v) is 3.76. The SMILES string of the molecule is Cc1noc(C)c1COc1ccc(CC(=O)N(C)C(C)c2ccc(S(N)(=O)=O)cc2)cc1. The minimum absolute atomic E-state index is 0.0408. The molecule has 3 aromatic rings. The quantitative estimate of drug-likeness (QED) is 0.555. The summed E-state index contributed by atoms with van der Waals surface area (Å²) in [7, 11) is -2.02.